The third-order valence-electron chi connectivity index (χ3n) is 2.61. The van der Waals surface area contributed by atoms with Crippen LogP contribution in [-0.2, 0) is 29.2 Å². The van der Waals surface area contributed by atoms with Gasteiger partial charge in [-0.05, 0) is 28.8 Å². The maximum Gasteiger partial charge on any atom is 0.122 e. The first-order valence-electron chi connectivity index (χ1n) is 4.93. The van der Waals surface area contributed by atoms with E-state index in [-0.39, 0.29) is 0 Å². The van der Waals surface area contributed by atoms with Crippen LogP contribution < -0.4 is 10.6 Å². The summed E-state index contributed by atoms with van der Waals surface area (Å²) in [6.07, 6.45) is 0.757. The Hall–Kier alpha value is -1.10. The first-order valence-corrected chi connectivity index (χ1v) is 4.93. The molecule has 1 aliphatic rings. The summed E-state index contributed by atoms with van der Waals surface area (Å²) < 4.78 is 10.7. The van der Waals surface area contributed by atoms with E-state index in [9.17, 15) is 0 Å². The van der Waals surface area contributed by atoms with E-state index >= 15 is 0 Å². The lowest BCUT2D eigenvalue weighted by Gasteiger charge is -2.10. The van der Waals surface area contributed by atoms with Gasteiger partial charge in [-0.15, -0.1) is 0 Å². The largest absolute Gasteiger partial charge is 0.496 e. The molecule has 2 N–H and O–H groups in total. The molecule has 1 aromatic rings. The highest BCUT2D eigenvalue weighted by atomic mass is 16.6. The van der Waals surface area contributed by atoms with Crippen LogP contribution in [-0.4, -0.2) is 13.7 Å². The number of methoxy groups -OCH3 is 1. The highest BCUT2D eigenvalue weighted by Crippen LogP contribution is 2.28. The normalized spacial score (nSPS) is 14.0. The van der Waals surface area contributed by atoms with Crippen LogP contribution in [0.4, 0.5) is 0 Å². The fourth-order valence-electron chi connectivity index (χ4n) is 1.81. The van der Waals surface area contributed by atoms with Gasteiger partial charge in [0.15, 0.2) is 0 Å². The maximum atomic E-state index is 5.36. The van der Waals surface area contributed by atoms with Crippen LogP contribution in [0.15, 0.2) is 12.1 Å². The van der Waals surface area contributed by atoms with Gasteiger partial charge in [-0.1, -0.05) is 0 Å². The molecule has 0 saturated heterocycles. The molecule has 0 aliphatic carbocycles. The third-order valence-corrected chi connectivity index (χ3v) is 2.61. The average Bonchev–Trinajstić information content (AvgIpc) is 2.71. The molecule has 1 heterocycles. The molecule has 0 radical (unpaired) electrons. The molecule has 0 unspecified atom stereocenters. The van der Waals surface area contributed by atoms with E-state index in [4.69, 9.17) is 15.4 Å². The number of nitrogens with two attached hydrogens (primary N) is 1. The van der Waals surface area contributed by atoms with Crippen molar-refractivity contribution in [2.24, 2.45) is 5.90 Å². The molecule has 2 rings (SSSR count). The van der Waals surface area contributed by atoms with Crippen LogP contribution in [0, 0.1) is 0 Å². The summed E-state index contributed by atoms with van der Waals surface area (Å²) in [6.45, 7) is 1.87. The van der Waals surface area contributed by atoms with E-state index in [1.807, 2.05) is 6.07 Å². The van der Waals surface area contributed by atoms with Crippen LogP contribution in [0.5, 0.6) is 5.75 Å². The fourth-order valence-corrected chi connectivity index (χ4v) is 1.81. The Morgan fingerprint density at radius 1 is 1.33 bits per heavy atom. The van der Waals surface area contributed by atoms with Crippen molar-refractivity contribution in [2.75, 3.05) is 13.7 Å². The van der Waals surface area contributed by atoms with Gasteiger partial charge in [0.2, 0.25) is 0 Å². The predicted octanol–water partition coefficient (Wildman–Crippen LogP) is 1.16. The van der Waals surface area contributed by atoms with E-state index in [0.717, 1.165) is 17.7 Å². The third kappa shape index (κ3) is 2.12. The quantitative estimate of drug-likeness (QED) is 0.756. The summed E-state index contributed by atoms with van der Waals surface area (Å²) >= 11 is 0. The van der Waals surface area contributed by atoms with Crippen molar-refractivity contribution >= 4 is 0 Å². The molecule has 0 fully saturated rings. The molecule has 15 heavy (non-hydrogen) atoms. The summed E-state index contributed by atoms with van der Waals surface area (Å²) in [5.74, 6) is 5.90. The molecule has 0 atom stereocenters. The van der Waals surface area contributed by atoms with Crippen LogP contribution in [0.2, 0.25) is 0 Å². The van der Waals surface area contributed by atoms with Crippen LogP contribution >= 0.6 is 0 Å². The Balaban J connectivity index is 2.27. The van der Waals surface area contributed by atoms with E-state index in [0.29, 0.717) is 19.8 Å². The summed E-state index contributed by atoms with van der Waals surface area (Å²) in [6, 6.07) is 4.15. The molecule has 0 spiro atoms. The highest BCUT2D eigenvalue weighted by Gasteiger charge is 2.15. The maximum absolute atomic E-state index is 5.36. The Labute approximate surface area is 88.9 Å². The Bertz CT molecular complexity index is 352. The molecule has 0 amide bonds. The molecular weight excluding hydrogens is 194 g/mol. The van der Waals surface area contributed by atoms with Crippen LogP contribution in [0.1, 0.15) is 16.7 Å². The molecule has 0 aromatic heterocycles. The molecule has 4 heteroatoms. The molecule has 0 bridgehead atoms. The van der Waals surface area contributed by atoms with Gasteiger partial charge in [0, 0.05) is 6.42 Å². The van der Waals surface area contributed by atoms with Crippen molar-refractivity contribution in [1.29, 1.82) is 0 Å². The topological polar surface area (TPSA) is 53.7 Å². The standard InChI is InChI=1S/C11H15NO3/c1-13-11-5-10-7-14-6-9(10)4-8(11)2-3-15-12/h4-5H,2-3,6-7,12H2,1H3. The van der Waals surface area contributed by atoms with Gasteiger partial charge < -0.3 is 14.3 Å². The fraction of sp³-hybridized carbons (Fsp3) is 0.455. The zero-order chi connectivity index (χ0) is 10.7. The van der Waals surface area contributed by atoms with Gasteiger partial charge in [0.1, 0.15) is 5.75 Å². The number of rotatable bonds is 4. The molecule has 1 aromatic carbocycles. The van der Waals surface area contributed by atoms with Crippen molar-refractivity contribution in [2.45, 2.75) is 19.6 Å². The van der Waals surface area contributed by atoms with Crippen LogP contribution in [0.25, 0.3) is 0 Å². The summed E-state index contributed by atoms with van der Waals surface area (Å²) in [5.41, 5.74) is 3.57. The molecule has 0 saturated carbocycles. The second-order valence-corrected chi connectivity index (χ2v) is 3.55. The first-order chi connectivity index (χ1) is 7.35. The van der Waals surface area contributed by atoms with Crippen molar-refractivity contribution < 1.29 is 14.3 Å². The first kappa shape index (κ1) is 10.4. The minimum absolute atomic E-state index is 0.496. The van der Waals surface area contributed by atoms with Gasteiger partial charge in [-0.3, -0.25) is 0 Å². The van der Waals surface area contributed by atoms with Gasteiger partial charge >= 0.3 is 0 Å². The Kier molecular flexibility index (Phi) is 3.20. The smallest absolute Gasteiger partial charge is 0.122 e. The van der Waals surface area contributed by atoms with Gasteiger partial charge in [-0.25, -0.2) is 5.90 Å². The Morgan fingerprint density at radius 3 is 2.73 bits per heavy atom. The number of fused-ring (bicyclic) bond motifs is 1. The second-order valence-electron chi connectivity index (χ2n) is 3.55. The minimum atomic E-state index is 0.496. The van der Waals surface area contributed by atoms with E-state index in [1.54, 1.807) is 7.11 Å². The number of ether oxygens (including phenoxy) is 2. The lowest BCUT2D eigenvalue weighted by molar-refractivity contribution is 0.134. The number of benzene rings is 1. The van der Waals surface area contributed by atoms with E-state index in [1.165, 1.54) is 11.1 Å². The molecule has 82 valence electrons. The predicted molar refractivity (Wildman–Crippen MR) is 55.3 cm³/mol. The minimum Gasteiger partial charge on any atom is -0.496 e. The summed E-state index contributed by atoms with van der Waals surface area (Å²) in [7, 11) is 1.67. The number of hydrogen-bond acceptors (Lipinski definition) is 4. The van der Waals surface area contributed by atoms with Crippen molar-refractivity contribution in [3.63, 3.8) is 0 Å². The number of hydrogen-bond donors (Lipinski definition) is 1. The highest BCUT2D eigenvalue weighted by molar-refractivity contribution is 5.43. The molecular formula is C11H15NO3. The SMILES string of the molecule is COc1cc2c(cc1CCON)COC2. The van der Waals surface area contributed by atoms with Crippen molar-refractivity contribution in [3.8, 4) is 5.75 Å². The van der Waals surface area contributed by atoms with Crippen molar-refractivity contribution in [3.05, 3.63) is 28.8 Å². The van der Waals surface area contributed by atoms with Crippen molar-refractivity contribution in [1.82, 2.24) is 0 Å². The summed E-state index contributed by atoms with van der Waals surface area (Å²) in [4.78, 5) is 4.58. The van der Waals surface area contributed by atoms with E-state index < -0.39 is 0 Å². The Morgan fingerprint density at radius 2 is 2.07 bits per heavy atom. The summed E-state index contributed by atoms with van der Waals surface area (Å²) in [5, 5.41) is 0. The average molecular weight is 209 g/mol. The van der Waals surface area contributed by atoms with Gasteiger partial charge in [0.05, 0.1) is 26.9 Å². The molecule has 1 aliphatic heterocycles. The van der Waals surface area contributed by atoms with Gasteiger partial charge in [-0.2, -0.15) is 0 Å². The van der Waals surface area contributed by atoms with E-state index in [2.05, 4.69) is 10.9 Å². The lowest BCUT2D eigenvalue weighted by atomic mass is 10.0. The zero-order valence-corrected chi connectivity index (χ0v) is 8.79. The second kappa shape index (κ2) is 4.61. The van der Waals surface area contributed by atoms with Gasteiger partial charge in [0.25, 0.3) is 0 Å². The zero-order valence-electron chi connectivity index (χ0n) is 8.79. The van der Waals surface area contributed by atoms with Crippen LogP contribution in [0.3, 0.4) is 0 Å². The lowest BCUT2D eigenvalue weighted by Crippen LogP contribution is -2.05. The monoisotopic (exact) mass is 209 g/mol. The molecule has 4 nitrogen and oxygen atoms in total.